The van der Waals surface area contributed by atoms with E-state index in [-0.39, 0.29) is 0 Å². The first kappa shape index (κ1) is 14.4. The molecule has 0 radical (unpaired) electrons. The molecule has 3 aromatic rings. The number of fused-ring (bicyclic) bond motifs is 1. The first-order valence-corrected chi connectivity index (χ1v) is 7.85. The lowest BCUT2D eigenvalue weighted by Crippen LogP contribution is -2.01. The number of pyridine rings is 1. The van der Waals surface area contributed by atoms with Gasteiger partial charge < -0.3 is 5.32 Å². The number of hydrogen-bond acceptors (Lipinski definition) is 2. The fraction of sp³-hybridized carbons (Fsp3) is 0.118. The van der Waals surface area contributed by atoms with Gasteiger partial charge in [-0.05, 0) is 52.7 Å². The third-order valence-electron chi connectivity index (χ3n) is 3.33. The Bertz CT molecular complexity index is 802. The monoisotopic (exact) mass is 360 g/mol. The van der Waals surface area contributed by atoms with E-state index in [2.05, 4.69) is 44.4 Å². The summed E-state index contributed by atoms with van der Waals surface area (Å²) in [5.41, 5.74) is 4.19. The highest BCUT2D eigenvalue weighted by atomic mass is 79.9. The number of aryl methyl sites for hydroxylation is 1. The smallest absolute Gasteiger partial charge is 0.0936 e. The van der Waals surface area contributed by atoms with Crippen LogP contribution in [-0.2, 0) is 6.54 Å². The fourth-order valence-electron chi connectivity index (χ4n) is 2.23. The molecule has 0 aliphatic carbocycles. The van der Waals surface area contributed by atoms with Crippen LogP contribution in [0.4, 0.5) is 5.69 Å². The zero-order valence-corrected chi connectivity index (χ0v) is 13.9. The van der Waals surface area contributed by atoms with E-state index in [1.165, 1.54) is 0 Å². The SMILES string of the molecule is Cc1ccc2cccc(NCc3ccc(Br)c(Cl)c3)c2n1. The highest BCUT2D eigenvalue weighted by Crippen LogP contribution is 2.25. The first-order chi connectivity index (χ1) is 10.1. The normalized spacial score (nSPS) is 10.8. The van der Waals surface area contributed by atoms with Crippen LogP contribution >= 0.6 is 27.5 Å². The zero-order chi connectivity index (χ0) is 14.8. The lowest BCUT2D eigenvalue weighted by Gasteiger charge is -2.10. The summed E-state index contributed by atoms with van der Waals surface area (Å²) >= 11 is 9.53. The molecule has 2 nitrogen and oxygen atoms in total. The molecular formula is C17H14BrClN2. The molecule has 0 aliphatic heterocycles. The van der Waals surface area contributed by atoms with Crippen molar-refractivity contribution in [3.05, 3.63) is 69.3 Å². The number of rotatable bonds is 3. The van der Waals surface area contributed by atoms with Crippen molar-refractivity contribution in [2.75, 3.05) is 5.32 Å². The Hall–Kier alpha value is -1.58. The molecule has 106 valence electrons. The lowest BCUT2D eigenvalue weighted by molar-refractivity contribution is 1.14. The Balaban J connectivity index is 1.88. The molecule has 0 saturated carbocycles. The van der Waals surface area contributed by atoms with Crippen LogP contribution in [0.1, 0.15) is 11.3 Å². The van der Waals surface area contributed by atoms with Gasteiger partial charge in [-0.3, -0.25) is 4.98 Å². The number of aromatic nitrogens is 1. The van der Waals surface area contributed by atoms with Crippen LogP contribution in [-0.4, -0.2) is 4.98 Å². The molecule has 0 saturated heterocycles. The van der Waals surface area contributed by atoms with Gasteiger partial charge in [-0.2, -0.15) is 0 Å². The average molecular weight is 362 g/mol. The predicted octanol–water partition coefficient (Wildman–Crippen LogP) is 5.57. The van der Waals surface area contributed by atoms with Crippen molar-refractivity contribution in [3.8, 4) is 0 Å². The maximum atomic E-state index is 6.12. The maximum absolute atomic E-state index is 6.12. The lowest BCUT2D eigenvalue weighted by atomic mass is 10.1. The highest BCUT2D eigenvalue weighted by Gasteiger charge is 2.04. The molecule has 0 unspecified atom stereocenters. The topological polar surface area (TPSA) is 24.9 Å². The van der Waals surface area contributed by atoms with Gasteiger partial charge in [0.2, 0.25) is 0 Å². The molecule has 1 N–H and O–H groups in total. The van der Waals surface area contributed by atoms with Gasteiger partial charge in [0.25, 0.3) is 0 Å². The third-order valence-corrected chi connectivity index (χ3v) is 4.56. The minimum Gasteiger partial charge on any atom is -0.379 e. The maximum Gasteiger partial charge on any atom is 0.0936 e. The van der Waals surface area contributed by atoms with E-state index in [1.807, 2.05) is 37.3 Å². The number of hydrogen-bond donors (Lipinski definition) is 1. The van der Waals surface area contributed by atoms with E-state index in [1.54, 1.807) is 0 Å². The van der Waals surface area contributed by atoms with Crippen molar-refractivity contribution >= 4 is 44.1 Å². The molecule has 4 heteroatoms. The predicted molar refractivity (Wildman–Crippen MR) is 93.0 cm³/mol. The zero-order valence-electron chi connectivity index (χ0n) is 11.5. The van der Waals surface area contributed by atoms with Crippen LogP contribution in [0.2, 0.25) is 5.02 Å². The van der Waals surface area contributed by atoms with Gasteiger partial charge in [0.05, 0.1) is 16.2 Å². The van der Waals surface area contributed by atoms with Crippen LogP contribution in [0.5, 0.6) is 0 Å². The minimum absolute atomic E-state index is 0.710. The van der Waals surface area contributed by atoms with E-state index >= 15 is 0 Å². The fourth-order valence-corrected chi connectivity index (χ4v) is 2.68. The van der Waals surface area contributed by atoms with Crippen LogP contribution in [0, 0.1) is 6.92 Å². The van der Waals surface area contributed by atoms with E-state index in [0.29, 0.717) is 6.54 Å². The second-order valence-electron chi connectivity index (χ2n) is 4.93. The molecular weight excluding hydrogens is 348 g/mol. The number of halogens is 2. The van der Waals surface area contributed by atoms with Crippen molar-refractivity contribution in [2.45, 2.75) is 13.5 Å². The molecule has 3 rings (SSSR count). The molecule has 0 aliphatic rings. The summed E-state index contributed by atoms with van der Waals surface area (Å²) < 4.78 is 0.912. The Labute approximate surface area is 137 Å². The van der Waals surface area contributed by atoms with Crippen molar-refractivity contribution < 1.29 is 0 Å². The average Bonchev–Trinajstić information content (AvgIpc) is 2.48. The van der Waals surface area contributed by atoms with Gasteiger partial charge in [-0.15, -0.1) is 0 Å². The van der Waals surface area contributed by atoms with Gasteiger partial charge in [-0.1, -0.05) is 35.9 Å². The molecule has 2 aromatic carbocycles. The first-order valence-electron chi connectivity index (χ1n) is 6.68. The van der Waals surface area contributed by atoms with Crippen molar-refractivity contribution in [2.24, 2.45) is 0 Å². The van der Waals surface area contributed by atoms with Crippen LogP contribution in [0.25, 0.3) is 10.9 Å². The van der Waals surface area contributed by atoms with Gasteiger partial charge in [-0.25, -0.2) is 0 Å². The second kappa shape index (κ2) is 6.04. The minimum atomic E-state index is 0.710. The van der Waals surface area contributed by atoms with Gasteiger partial charge in [0, 0.05) is 22.1 Å². The highest BCUT2D eigenvalue weighted by molar-refractivity contribution is 9.10. The Kier molecular flexibility index (Phi) is 4.13. The molecule has 0 fully saturated rings. The summed E-state index contributed by atoms with van der Waals surface area (Å²) in [6, 6.07) is 16.3. The molecule has 0 spiro atoms. The summed E-state index contributed by atoms with van der Waals surface area (Å²) in [5.74, 6) is 0. The van der Waals surface area contributed by atoms with E-state index in [9.17, 15) is 0 Å². The number of nitrogens with zero attached hydrogens (tertiary/aromatic N) is 1. The number of anilines is 1. The largest absolute Gasteiger partial charge is 0.379 e. The quantitative estimate of drug-likeness (QED) is 0.659. The molecule has 1 aromatic heterocycles. The summed E-state index contributed by atoms with van der Waals surface area (Å²) in [7, 11) is 0. The number of nitrogens with one attached hydrogen (secondary N) is 1. The standard InChI is InChI=1S/C17H14BrClN2/c1-11-5-7-13-3-2-4-16(17(13)21-11)20-10-12-6-8-14(18)15(19)9-12/h2-9,20H,10H2,1H3. The second-order valence-corrected chi connectivity index (χ2v) is 6.19. The summed E-state index contributed by atoms with van der Waals surface area (Å²) in [4.78, 5) is 4.62. The van der Waals surface area contributed by atoms with Crippen LogP contribution in [0.3, 0.4) is 0 Å². The van der Waals surface area contributed by atoms with Crippen LogP contribution < -0.4 is 5.32 Å². The molecule has 0 bridgehead atoms. The van der Waals surface area contributed by atoms with Crippen molar-refractivity contribution in [1.82, 2.24) is 4.98 Å². The van der Waals surface area contributed by atoms with Crippen LogP contribution in [0.15, 0.2) is 53.0 Å². The summed E-state index contributed by atoms with van der Waals surface area (Å²) in [5, 5.41) is 5.30. The molecule has 0 amide bonds. The van der Waals surface area contributed by atoms with Crippen molar-refractivity contribution in [3.63, 3.8) is 0 Å². The van der Waals surface area contributed by atoms with Crippen molar-refractivity contribution in [1.29, 1.82) is 0 Å². The number of benzene rings is 2. The van der Waals surface area contributed by atoms with E-state index in [4.69, 9.17) is 11.6 Å². The third kappa shape index (κ3) is 3.20. The number of para-hydroxylation sites is 1. The molecule has 21 heavy (non-hydrogen) atoms. The van der Waals surface area contributed by atoms with E-state index in [0.717, 1.165) is 37.3 Å². The molecule has 1 heterocycles. The van der Waals surface area contributed by atoms with Gasteiger partial charge >= 0.3 is 0 Å². The Morgan fingerprint density at radius 3 is 2.81 bits per heavy atom. The Morgan fingerprint density at radius 1 is 1.14 bits per heavy atom. The van der Waals surface area contributed by atoms with Gasteiger partial charge in [0.15, 0.2) is 0 Å². The summed E-state index contributed by atoms with van der Waals surface area (Å²) in [6.07, 6.45) is 0. The van der Waals surface area contributed by atoms with E-state index < -0.39 is 0 Å². The Morgan fingerprint density at radius 2 is 2.00 bits per heavy atom. The van der Waals surface area contributed by atoms with Gasteiger partial charge in [0.1, 0.15) is 0 Å². The molecule has 0 atom stereocenters. The summed E-state index contributed by atoms with van der Waals surface area (Å²) in [6.45, 7) is 2.71.